The number of rotatable bonds is 4. The predicted octanol–water partition coefficient (Wildman–Crippen LogP) is 1.97. The SMILES string of the molecule is Cc1ccc(C(CN)Sc2ncn[nH]2)s1. The number of thioether (sulfide) groups is 1. The second-order valence-corrected chi connectivity index (χ2v) is 5.59. The van der Waals surface area contributed by atoms with E-state index in [1.807, 2.05) is 0 Å². The summed E-state index contributed by atoms with van der Waals surface area (Å²) in [5.41, 5.74) is 5.75. The summed E-state index contributed by atoms with van der Waals surface area (Å²) in [4.78, 5) is 6.68. The lowest BCUT2D eigenvalue weighted by Gasteiger charge is -2.09. The van der Waals surface area contributed by atoms with E-state index >= 15 is 0 Å². The molecule has 15 heavy (non-hydrogen) atoms. The maximum atomic E-state index is 5.75. The molecule has 0 aliphatic carbocycles. The van der Waals surface area contributed by atoms with Gasteiger partial charge in [0.05, 0.1) is 5.25 Å². The van der Waals surface area contributed by atoms with Gasteiger partial charge in [0.2, 0.25) is 0 Å². The molecule has 0 aliphatic heterocycles. The molecule has 1 unspecified atom stereocenters. The highest BCUT2D eigenvalue weighted by Gasteiger charge is 2.14. The van der Waals surface area contributed by atoms with Gasteiger partial charge < -0.3 is 5.73 Å². The average Bonchev–Trinajstić information content (AvgIpc) is 2.85. The van der Waals surface area contributed by atoms with Crippen LogP contribution in [0.2, 0.25) is 0 Å². The Morgan fingerprint density at radius 2 is 2.47 bits per heavy atom. The van der Waals surface area contributed by atoms with Gasteiger partial charge in [0, 0.05) is 16.3 Å². The Kier molecular flexibility index (Phi) is 3.40. The first-order valence-corrected chi connectivity index (χ1v) is 6.27. The van der Waals surface area contributed by atoms with Crippen LogP contribution in [0.25, 0.3) is 0 Å². The molecule has 0 aliphatic rings. The van der Waals surface area contributed by atoms with Gasteiger partial charge in [-0.05, 0) is 19.1 Å². The van der Waals surface area contributed by atoms with Crippen LogP contribution in [0.5, 0.6) is 0 Å². The maximum Gasteiger partial charge on any atom is 0.184 e. The van der Waals surface area contributed by atoms with E-state index in [0.29, 0.717) is 6.54 Å². The molecule has 2 heterocycles. The summed E-state index contributed by atoms with van der Waals surface area (Å²) < 4.78 is 0. The van der Waals surface area contributed by atoms with Crippen molar-refractivity contribution in [2.24, 2.45) is 5.73 Å². The van der Waals surface area contributed by atoms with Crippen LogP contribution in [0, 0.1) is 6.92 Å². The van der Waals surface area contributed by atoms with E-state index in [2.05, 4.69) is 34.2 Å². The molecule has 2 aromatic rings. The monoisotopic (exact) mass is 240 g/mol. The zero-order chi connectivity index (χ0) is 10.7. The number of aromatic amines is 1. The van der Waals surface area contributed by atoms with E-state index in [-0.39, 0.29) is 5.25 Å². The average molecular weight is 240 g/mol. The Labute approximate surface area is 96.3 Å². The van der Waals surface area contributed by atoms with Gasteiger partial charge in [-0.25, -0.2) is 4.98 Å². The number of hydrogen-bond acceptors (Lipinski definition) is 5. The van der Waals surface area contributed by atoms with Crippen LogP contribution in [-0.2, 0) is 0 Å². The van der Waals surface area contributed by atoms with Crippen molar-refractivity contribution < 1.29 is 0 Å². The molecule has 1 atom stereocenters. The molecule has 0 saturated carbocycles. The summed E-state index contributed by atoms with van der Waals surface area (Å²) in [6, 6.07) is 4.24. The molecular formula is C9H12N4S2. The summed E-state index contributed by atoms with van der Waals surface area (Å²) in [5, 5.41) is 7.72. The lowest BCUT2D eigenvalue weighted by molar-refractivity contribution is 0.926. The van der Waals surface area contributed by atoms with E-state index in [0.717, 1.165) is 5.16 Å². The Morgan fingerprint density at radius 1 is 1.60 bits per heavy atom. The fourth-order valence-corrected chi connectivity index (χ4v) is 3.17. The highest BCUT2D eigenvalue weighted by Crippen LogP contribution is 2.35. The van der Waals surface area contributed by atoms with Crippen molar-refractivity contribution in [1.82, 2.24) is 15.2 Å². The van der Waals surface area contributed by atoms with Crippen LogP contribution in [0.4, 0.5) is 0 Å². The molecule has 0 spiro atoms. The quantitative estimate of drug-likeness (QED) is 0.802. The largest absolute Gasteiger partial charge is 0.329 e. The van der Waals surface area contributed by atoms with Crippen molar-refractivity contribution in [2.45, 2.75) is 17.3 Å². The molecule has 2 rings (SSSR count). The zero-order valence-electron chi connectivity index (χ0n) is 8.30. The van der Waals surface area contributed by atoms with Crippen molar-refractivity contribution in [1.29, 1.82) is 0 Å². The molecule has 0 aromatic carbocycles. The van der Waals surface area contributed by atoms with E-state index in [1.54, 1.807) is 23.1 Å². The van der Waals surface area contributed by atoms with Gasteiger partial charge in [-0.1, -0.05) is 11.8 Å². The van der Waals surface area contributed by atoms with Crippen molar-refractivity contribution >= 4 is 23.1 Å². The molecule has 6 heteroatoms. The fourth-order valence-electron chi connectivity index (χ4n) is 1.23. The van der Waals surface area contributed by atoms with Crippen molar-refractivity contribution in [3.63, 3.8) is 0 Å². The molecular weight excluding hydrogens is 228 g/mol. The number of nitrogens with one attached hydrogen (secondary N) is 1. The third kappa shape index (κ3) is 2.58. The van der Waals surface area contributed by atoms with Gasteiger partial charge in [0.25, 0.3) is 0 Å². The van der Waals surface area contributed by atoms with Crippen LogP contribution in [0.1, 0.15) is 15.0 Å². The topological polar surface area (TPSA) is 67.6 Å². The molecule has 0 saturated heterocycles. The van der Waals surface area contributed by atoms with Gasteiger partial charge >= 0.3 is 0 Å². The minimum atomic E-state index is 0.261. The molecule has 80 valence electrons. The minimum absolute atomic E-state index is 0.261. The fraction of sp³-hybridized carbons (Fsp3) is 0.333. The normalized spacial score (nSPS) is 12.9. The van der Waals surface area contributed by atoms with Crippen molar-refractivity contribution in [3.05, 3.63) is 28.2 Å². The zero-order valence-corrected chi connectivity index (χ0v) is 9.94. The standard InChI is InChI=1S/C9H12N4S2/c1-6-2-3-7(14-6)8(4-10)15-9-11-5-12-13-9/h2-3,5,8H,4,10H2,1H3,(H,11,12,13). The van der Waals surface area contributed by atoms with Crippen LogP contribution in [0.3, 0.4) is 0 Å². The second kappa shape index (κ2) is 4.78. The summed E-state index contributed by atoms with van der Waals surface area (Å²) in [7, 11) is 0. The van der Waals surface area contributed by atoms with Crippen molar-refractivity contribution in [3.8, 4) is 0 Å². The Bertz CT molecular complexity index is 409. The highest BCUT2D eigenvalue weighted by atomic mass is 32.2. The Balaban J connectivity index is 2.11. The summed E-state index contributed by atoms with van der Waals surface area (Å²) in [6.45, 7) is 2.70. The molecule has 2 aromatic heterocycles. The number of hydrogen-bond donors (Lipinski definition) is 2. The maximum absolute atomic E-state index is 5.75. The third-order valence-electron chi connectivity index (χ3n) is 1.94. The number of nitrogens with zero attached hydrogens (tertiary/aromatic N) is 2. The first-order valence-electron chi connectivity index (χ1n) is 4.58. The Hall–Kier alpha value is -0.850. The van der Waals surface area contributed by atoms with Gasteiger partial charge in [-0.3, -0.25) is 5.10 Å². The smallest absolute Gasteiger partial charge is 0.184 e. The van der Waals surface area contributed by atoms with Gasteiger partial charge in [0.15, 0.2) is 5.16 Å². The van der Waals surface area contributed by atoms with Gasteiger partial charge in [0.1, 0.15) is 6.33 Å². The predicted molar refractivity (Wildman–Crippen MR) is 63.1 cm³/mol. The first-order chi connectivity index (χ1) is 7.29. The molecule has 0 fully saturated rings. The van der Waals surface area contributed by atoms with Crippen molar-refractivity contribution in [2.75, 3.05) is 6.54 Å². The molecule has 0 bridgehead atoms. The molecule has 0 radical (unpaired) electrons. The molecule has 0 amide bonds. The highest BCUT2D eigenvalue weighted by molar-refractivity contribution is 7.99. The summed E-state index contributed by atoms with van der Waals surface area (Å²) in [6.07, 6.45) is 1.51. The van der Waals surface area contributed by atoms with Crippen LogP contribution in [-0.4, -0.2) is 21.7 Å². The number of nitrogens with two attached hydrogens (primary N) is 1. The van der Waals surface area contributed by atoms with E-state index < -0.39 is 0 Å². The third-order valence-corrected chi connectivity index (χ3v) is 4.35. The van der Waals surface area contributed by atoms with Crippen LogP contribution in [0.15, 0.2) is 23.6 Å². The van der Waals surface area contributed by atoms with Gasteiger partial charge in [-0.2, -0.15) is 5.10 Å². The van der Waals surface area contributed by atoms with Gasteiger partial charge in [-0.15, -0.1) is 11.3 Å². The van der Waals surface area contributed by atoms with E-state index in [1.165, 1.54) is 16.1 Å². The number of aromatic nitrogens is 3. The van der Waals surface area contributed by atoms with E-state index in [4.69, 9.17) is 5.73 Å². The summed E-state index contributed by atoms with van der Waals surface area (Å²) in [5.74, 6) is 0. The lowest BCUT2D eigenvalue weighted by Crippen LogP contribution is -2.08. The van der Waals surface area contributed by atoms with E-state index in [9.17, 15) is 0 Å². The molecule has 4 nitrogen and oxygen atoms in total. The van der Waals surface area contributed by atoms with Crippen LogP contribution < -0.4 is 5.73 Å². The number of H-pyrrole nitrogens is 1. The first kappa shape index (κ1) is 10.7. The summed E-state index contributed by atoms with van der Waals surface area (Å²) >= 11 is 3.40. The second-order valence-electron chi connectivity index (χ2n) is 3.08. The number of aryl methyl sites for hydroxylation is 1. The number of thiophene rings is 1. The van der Waals surface area contributed by atoms with Crippen LogP contribution >= 0.6 is 23.1 Å². The Morgan fingerprint density at radius 3 is 3.00 bits per heavy atom. The lowest BCUT2D eigenvalue weighted by atomic mass is 10.3. The molecule has 3 N–H and O–H groups in total. The minimum Gasteiger partial charge on any atom is -0.329 e.